The van der Waals surface area contributed by atoms with Gasteiger partial charge >= 0.3 is 11.7 Å². The Morgan fingerprint density at radius 3 is 2.35 bits per heavy atom. The highest BCUT2D eigenvalue weighted by molar-refractivity contribution is 6.38. The number of carbonyl (C=O) groups is 1. The third-order valence-electron chi connectivity index (χ3n) is 1.91. The average Bonchev–Trinajstić information content (AvgIpc) is 2.15. The summed E-state index contributed by atoms with van der Waals surface area (Å²) in [6.45, 7) is 1.96. The van der Waals surface area contributed by atoms with Gasteiger partial charge in [0, 0.05) is 0 Å². The summed E-state index contributed by atoms with van der Waals surface area (Å²) in [7, 11) is 0. The van der Waals surface area contributed by atoms with Crippen molar-refractivity contribution in [2.24, 2.45) is 0 Å². The predicted molar refractivity (Wildman–Crippen MR) is 63.5 cm³/mol. The van der Waals surface area contributed by atoms with Gasteiger partial charge in [-0.05, 0) is 24.6 Å². The summed E-state index contributed by atoms with van der Waals surface area (Å²) in [5.41, 5.74) is 0.116. The summed E-state index contributed by atoms with van der Waals surface area (Å²) >= 11 is 11.4. The zero-order valence-corrected chi connectivity index (χ0v) is 10.4. The van der Waals surface area contributed by atoms with Gasteiger partial charge in [-0.2, -0.15) is 0 Å². The number of ether oxygens (including phenoxy) is 1. The first-order valence-corrected chi connectivity index (χ1v) is 5.49. The lowest BCUT2D eigenvalue weighted by molar-refractivity contribution is -0.384. The summed E-state index contributed by atoms with van der Waals surface area (Å²) in [6.07, 6.45) is -0.0225. The van der Waals surface area contributed by atoms with Crippen molar-refractivity contribution < 1.29 is 14.5 Å². The monoisotopic (exact) mass is 277 g/mol. The molecule has 1 rings (SSSR count). The third-order valence-corrected chi connectivity index (χ3v) is 2.49. The summed E-state index contributed by atoms with van der Waals surface area (Å²) in [6, 6.07) is 2.67. The number of halogens is 2. The molecule has 0 aliphatic carbocycles. The molecular formula is C10H9Cl2NO4. The lowest BCUT2D eigenvalue weighted by Gasteiger charge is -2.04. The van der Waals surface area contributed by atoms with Gasteiger partial charge < -0.3 is 4.74 Å². The van der Waals surface area contributed by atoms with Crippen molar-refractivity contribution in [3.63, 3.8) is 0 Å². The fraction of sp³-hybridized carbons (Fsp3) is 0.300. The Kier molecular flexibility index (Phi) is 4.72. The van der Waals surface area contributed by atoms with E-state index in [1.165, 1.54) is 12.1 Å². The van der Waals surface area contributed by atoms with E-state index in [1.54, 1.807) is 6.92 Å². The van der Waals surface area contributed by atoms with E-state index in [4.69, 9.17) is 27.9 Å². The van der Waals surface area contributed by atoms with Crippen LogP contribution in [0.15, 0.2) is 12.1 Å². The minimum absolute atomic E-state index is 0.0225. The maximum atomic E-state index is 11.2. The van der Waals surface area contributed by atoms with E-state index >= 15 is 0 Å². The molecule has 5 nitrogen and oxygen atoms in total. The molecule has 0 aliphatic rings. The molecule has 0 aliphatic heterocycles. The lowest BCUT2D eigenvalue weighted by Crippen LogP contribution is -2.07. The topological polar surface area (TPSA) is 69.4 Å². The molecule has 0 saturated carbocycles. The first-order chi connectivity index (χ1) is 7.95. The van der Waals surface area contributed by atoms with Gasteiger partial charge in [0.15, 0.2) is 0 Å². The molecule has 0 heterocycles. The van der Waals surface area contributed by atoms with Crippen molar-refractivity contribution in [2.45, 2.75) is 13.3 Å². The van der Waals surface area contributed by atoms with Gasteiger partial charge in [0.1, 0.15) is 10.0 Å². The Labute approximate surface area is 107 Å². The number of carbonyl (C=O) groups excluding carboxylic acids is 1. The number of nitro benzene ring substituents is 1. The second-order valence-electron chi connectivity index (χ2n) is 3.15. The van der Waals surface area contributed by atoms with E-state index in [0.29, 0.717) is 5.56 Å². The van der Waals surface area contributed by atoms with Crippen LogP contribution in [0.1, 0.15) is 12.5 Å². The summed E-state index contributed by atoms with van der Waals surface area (Å²) in [5, 5.41) is 10.4. The highest BCUT2D eigenvalue weighted by Crippen LogP contribution is 2.33. The number of nitrogens with zero attached hydrogens (tertiary/aromatic N) is 1. The van der Waals surface area contributed by atoms with Crippen LogP contribution in [-0.4, -0.2) is 17.5 Å². The van der Waals surface area contributed by atoms with Gasteiger partial charge in [-0.1, -0.05) is 23.2 Å². The van der Waals surface area contributed by atoms with Crippen LogP contribution < -0.4 is 0 Å². The van der Waals surface area contributed by atoms with Crippen LogP contribution in [0, 0.1) is 10.1 Å². The molecule has 92 valence electrons. The standard InChI is InChI=1S/C10H9Cl2NO4/c1-2-17-9(14)5-6-3-7(11)10(13(15)16)8(12)4-6/h3-4H,2,5H2,1H3. The van der Waals surface area contributed by atoms with E-state index in [-0.39, 0.29) is 28.8 Å². The van der Waals surface area contributed by atoms with Crippen molar-refractivity contribution in [3.8, 4) is 0 Å². The van der Waals surface area contributed by atoms with Gasteiger partial charge in [-0.15, -0.1) is 0 Å². The minimum Gasteiger partial charge on any atom is -0.466 e. The van der Waals surface area contributed by atoms with Crippen molar-refractivity contribution >= 4 is 34.9 Å². The van der Waals surface area contributed by atoms with E-state index in [0.717, 1.165) is 0 Å². The Morgan fingerprint density at radius 1 is 1.41 bits per heavy atom. The van der Waals surface area contributed by atoms with Crippen molar-refractivity contribution in [1.29, 1.82) is 0 Å². The molecule has 1 aromatic carbocycles. The molecule has 0 aromatic heterocycles. The van der Waals surface area contributed by atoms with Crippen LogP contribution in [0.25, 0.3) is 0 Å². The summed E-state index contributed by atoms with van der Waals surface area (Å²) in [5.74, 6) is -0.437. The third kappa shape index (κ3) is 3.57. The fourth-order valence-corrected chi connectivity index (χ4v) is 1.94. The van der Waals surface area contributed by atoms with Crippen LogP contribution in [0.3, 0.4) is 0 Å². The van der Waals surface area contributed by atoms with E-state index in [2.05, 4.69) is 0 Å². The molecule has 0 radical (unpaired) electrons. The average molecular weight is 278 g/mol. The summed E-state index contributed by atoms with van der Waals surface area (Å²) in [4.78, 5) is 21.2. The highest BCUT2D eigenvalue weighted by atomic mass is 35.5. The van der Waals surface area contributed by atoms with Crippen LogP contribution in [0.2, 0.25) is 10.0 Å². The number of hydrogen-bond acceptors (Lipinski definition) is 4. The number of hydrogen-bond donors (Lipinski definition) is 0. The molecule has 0 bridgehead atoms. The number of rotatable bonds is 4. The fourth-order valence-electron chi connectivity index (χ4n) is 1.27. The Hall–Kier alpha value is -1.33. The quantitative estimate of drug-likeness (QED) is 0.482. The normalized spacial score (nSPS) is 10.1. The molecule has 1 aromatic rings. The maximum Gasteiger partial charge on any atom is 0.310 e. The Bertz CT molecular complexity index is 439. The van der Waals surface area contributed by atoms with Gasteiger partial charge in [0.25, 0.3) is 0 Å². The van der Waals surface area contributed by atoms with Gasteiger partial charge in [0.05, 0.1) is 18.0 Å². The van der Waals surface area contributed by atoms with E-state index < -0.39 is 10.9 Å². The van der Waals surface area contributed by atoms with E-state index in [1.807, 2.05) is 0 Å². The number of esters is 1. The first kappa shape index (κ1) is 13.7. The molecule has 0 fully saturated rings. The number of nitro groups is 1. The van der Waals surface area contributed by atoms with Crippen LogP contribution >= 0.6 is 23.2 Å². The SMILES string of the molecule is CCOC(=O)Cc1cc(Cl)c([N+](=O)[O-])c(Cl)c1. The molecule has 0 saturated heterocycles. The molecule has 17 heavy (non-hydrogen) atoms. The molecule has 0 amide bonds. The highest BCUT2D eigenvalue weighted by Gasteiger charge is 2.19. The number of benzene rings is 1. The molecule has 0 N–H and O–H groups in total. The minimum atomic E-state index is -0.668. The second kappa shape index (κ2) is 5.84. The van der Waals surface area contributed by atoms with Crippen LogP contribution in [0.5, 0.6) is 0 Å². The van der Waals surface area contributed by atoms with Crippen LogP contribution in [0.4, 0.5) is 5.69 Å². The second-order valence-corrected chi connectivity index (χ2v) is 3.96. The molecule has 0 atom stereocenters. The lowest BCUT2D eigenvalue weighted by atomic mass is 10.1. The molecule has 7 heteroatoms. The Balaban J connectivity index is 2.98. The Morgan fingerprint density at radius 2 is 1.94 bits per heavy atom. The maximum absolute atomic E-state index is 11.2. The van der Waals surface area contributed by atoms with Crippen molar-refractivity contribution in [1.82, 2.24) is 0 Å². The zero-order valence-electron chi connectivity index (χ0n) is 8.91. The van der Waals surface area contributed by atoms with Crippen molar-refractivity contribution in [2.75, 3.05) is 6.61 Å². The zero-order chi connectivity index (χ0) is 13.0. The predicted octanol–water partition coefficient (Wildman–Crippen LogP) is 3.01. The molecule has 0 unspecified atom stereocenters. The van der Waals surface area contributed by atoms with E-state index in [9.17, 15) is 14.9 Å². The van der Waals surface area contributed by atoms with Gasteiger partial charge in [-0.3, -0.25) is 14.9 Å². The van der Waals surface area contributed by atoms with Crippen molar-refractivity contribution in [3.05, 3.63) is 37.9 Å². The van der Waals surface area contributed by atoms with Crippen LogP contribution in [-0.2, 0) is 16.0 Å². The van der Waals surface area contributed by atoms with Gasteiger partial charge in [0.2, 0.25) is 0 Å². The first-order valence-electron chi connectivity index (χ1n) is 4.73. The van der Waals surface area contributed by atoms with Gasteiger partial charge in [-0.25, -0.2) is 0 Å². The smallest absolute Gasteiger partial charge is 0.310 e. The molecular weight excluding hydrogens is 269 g/mol. The largest absolute Gasteiger partial charge is 0.466 e. The summed E-state index contributed by atoms with van der Waals surface area (Å²) < 4.78 is 4.74. The molecule has 0 spiro atoms.